The number of aromatic nitrogens is 1. The second-order valence-electron chi connectivity index (χ2n) is 4.52. The molecule has 122 valence electrons. The van der Waals surface area contributed by atoms with Gasteiger partial charge in [0.05, 0.1) is 4.90 Å². The van der Waals surface area contributed by atoms with Crippen molar-refractivity contribution in [3.63, 3.8) is 0 Å². The van der Waals surface area contributed by atoms with Crippen LogP contribution in [0.25, 0.3) is 0 Å². The van der Waals surface area contributed by atoms with Gasteiger partial charge in [0.15, 0.2) is 11.6 Å². The van der Waals surface area contributed by atoms with E-state index < -0.39 is 15.9 Å². The van der Waals surface area contributed by atoms with Gasteiger partial charge < -0.3 is 10.4 Å². The predicted molar refractivity (Wildman–Crippen MR) is 88.5 cm³/mol. The number of pyridine rings is 1. The monoisotopic (exact) mass is 399 g/mol. The van der Waals surface area contributed by atoms with E-state index in [0.29, 0.717) is 0 Å². The maximum atomic E-state index is 12.0. The van der Waals surface area contributed by atoms with Crippen LogP contribution < -0.4 is 10.0 Å². The Labute approximate surface area is 141 Å². The number of rotatable bonds is 6. The quantitative estimate of drug-likeness (QED) is 0.686. The molecular weight excluding hydrogens is 386 g/mol. The molecule has 1 amide bonds. The van der Waals surface area contributed by atoms with Crippen LogP contribution >= 0.6 is 15.9 Å². The molecule has 0 saturated carbocycles. The zero-order valence-corrected chi connectivity index (χ0v) is 14.3. The molecular formula is C14H14BrN3O4S. The molecule has 2 aromatic rings. The number of nitrogens with zero attached hydrogens (tertiary/aromatic N) is 1. The number of sulfonamides is 1. The topological polar surface area (TPSA) is 108 Å². The molecule has 0 unspecified atom stereocenters. The average molecular weight is 400 g/mol. The van der Waals surface area contributed by atoms with E-state index in [-0.39, 0.29) is 29.4 Å². The summed E-state index contributed by atoms with van der Waals surface area (Å²) < 4.78 is 27.2. The van der Waals surface area contributed by atoms with Crippen molar-refractivity contribution in [3.05, 3.63) is 47.1 Å². The Morgan fingerprint density at radius 1 is 1.22 bits per heavy atom. The van der Waals surface area contributed by atoms with E-state index >= 15 is 0 Å². The highest BCUT2D eigenvalue weighted by Gasteiger charge is 2.14. The van der Waals surface area contributed by atoms with Gasteiger partial charge in [0.2, 0.25) is 15.9 Å². The zero-order valence-electron chi connectivity index (χ0n) is 11.9. The first-order valence-corrected chi connectivity index (χ1v) is 8.85. The summed E-state index contributed by atoms with van der Waals surface area (Å²) in [5.41, 5.74) is 0. The van der Waals surface area contributed by atoms with Crippen molar-refractivity contribution in [2.75, 3.05) is 11.9 Å². The first-order valence-electron chi connectivity index (χ1n) is 6.57. The number of anilines is 1. The van der Waals surface area contributed by atoms with E-state index in [1.54, 1.807) is 12.1 Å². The van der Waals surface area contributed by atoms with Crippen molar-refractivity contribution < 1.29 is 18.3 Å². The van der Waals surface area contributed by atoms with Gasteiger partial charge in [-0.25, -0.2) is 18.1 Å². The highest BCUT2D eigenvalue weighted by atomic mass is 79.9. The van der Waals surface area contributed by atoms with Crippen molar-refractivity contribution in [2.45, 2.75) is 11.3 Å². The van der Waals surface area contributed by atoms with Crippen LogP contribution in [0.3, 0.4) is 0 Å². The number of nitrogens with one attached hydrogen (secondary N) is 2. The molecule has 0 radical (unpaired) electrons. The SMILES string of the molecule is O=C(CCNS(=O)(=O)c1ccc(Br)cc1)Nc1ncccc1O. The van der Waals surface area contributed by atoms with Gasteiger partial charge in [0, 0.05) is 23.6 Å². The van der Waals surface area contributed by atoms with Crippen LogP contribution in [0.1, 0.15) is 6.42 Å². The van der Waals surface area contributed by atoms with Crippen LogP contribution in [0.4, 0.5) is 5.82 Å². The minimum absolute atomic E-state index is 0.0354. The molecule has 9 heteroatoms. The molecule has 0 bridgehead atoms. The Morgan fingerprint density at radius 2 is 1.91 bits per heavy atom. The summed E-state index contributed by atoms with van der Waals surface area (Å²) in [5, 5.41) is 11.9. The number of hydrogen-bond acceptors (Lipinski definition) is 5. The van der Waals surface area contributed by atoms with Crippen LogP contribution in [0.15, 0.2) is 52.0 Å². The maximum Gasteiger partial charge on any atom is 0.240 e. The molecule has 0 aliphatic heterocycles. The van der Waals surface area contributed by atoms with Crippen LogP contribution in [-0.2, 0) is 14.8 Å². The van der Waals surface area contributed by atoms with Gasteiger partial charge >= 0.3 is 0 Å². The van der Waals surface area contributed by atoms with Crippen LogP contribution in [0.5, 0.6) is 5.75 Å². The summed E-state index contributed by atoms with van der Waals surface area (Å²) in [6, 6.07) is 9.06. The first kappa shape index (κ1) is 17.4. The lowest BCUT2D eigenvalue weighted by Gasteiger charge is -2.08. The number of benzene rings is 1. The Hall–Kier alpha value is -1.97. The average Bonchev–Trinajstić information content (AvgIpc) is 2.50. The van der Waals surface area contributed by atoms with E-state index in [2.05, 4.69) is 31.0 Å². The molecule has 0 aliphatic carbocycles. The summed E-state index contributed by atoms with van der Waals surface area (Å²) in [6.07, 6.45) is 1.33. The Morgan fingerprint density at radius 3 is 2.57 bits per heavy atom. The highest BCUT2D eigenvalue weighted by Crippen LogP contribution is 2.18. The second-order valence-corrected chi connectivity index (χ2v) is 7.20. The Kier molecular flexibility index (Phi) is 5.69. The third-order valence-corrected chi connectivity index (χ3v) is 4.82. The van der Waals surface area contributed by atoms with Gasteiger partial charge in [-0.05, 0) is 36.4 Å². The molecule has 3 N–H and O–H groups in total. The number of carbonyl (C=O) groups excluding carboxylic acids is 1. The zero-order chi connectivity index (χ0) is 16.9. The lowest BCUT2D eigenvalue weighted by Crippen LogP contribution is -2.28. The highest BCUT2D eigenvalue weighted by molar-refractivity contribution is 9.10. The van der Waals surface area contributed by atoms with Gasteiger partial charge in [-0.2, -0.15) is 0 Å². The Balaban J connectivity index is 1.88. The van der Waals surface area contributed by atoms with Crippen LogP contribution in [0, 0.1) is 0 Å². The van der Waals surface area contributed by atoms with E-state index in [1.807, 2.05) is 0 Å². The fourth-order valence-corrected chi connectivity index (χ4v) is 2.98. The van der Waals surface area contributed by atoms with Gasteiger partial charge in [-0.3, -0.25) is 4.79 Å². The van der Waals surface area contributed by atoms with E-state index in [4.69, 9.17) is 0 Å². The molecule has 1 heterocycles. The fourth-order valence-electron chi connectivity index (χ4n) is 1.68. The molecule has 0 saturated heterocycles. The van der Waals surface area contributed by atoms with Crippen LogP contribution in [-0.4, -0.2) is 31.0 Å². The molecule has 0 atom stereocenters. The summed E-state index contributed by atoms with van der Waals surface area (Å²) in [6.45, 7) is -0.0716. The third kappa shape index (κ3) is 5.02. The number of amides is 1. The first-order chi connectivity index (χ1) is 10.9. The van der Waals surface area contributed by atoms with Crippen molar-refractivity contribution >= 4 is 37.7 Å². The minimum atomic E-state index is -3.67. The molecule has 0 spiro atoms. The standard InChI is InChI=1S/C14H14BrN3O4S/c15-10-3-5-11(6-4-10)23(21,22)17-9-7-13(20)18-14-12(19)2-1-8-16-14/h1-6,8,17,19H,7,9H2,(H,16,18,20). The third-order valence-electron chi connectivity index (χ3n) is 2.81. The summed E-state index contributed by atoms with van der Waals surface area (Å²) in [7, 11) is -3.67. The van der Waals surface area contributed by atoms with Crippen LogP contribution in [0.2, 0.25) is 0 Å². The van der Waals surface area contributed by atoms with Crippen molar-refractivity contribution in [3.8, 4) is 5.75 Å². The van der Waals surface area contributed by atoms with Crippen molar-refractivity contribution in [1.29, 1.82) is 0 Å². The lowest BCUT2D eigenvalue weighted by atomic mass is 10.4. The lowest BCUT2D eigenvalue weighted by molar-refractivity contribution is -0.116. The molecule has 1 aromatic carbocycles. The summed E-state index contributed by atoms with van der Waals surface area (Å²) in [4.78, 5) is 15.6. The van der Waals surface area contributed by atoms with Gasteiger partial charge in [0.1, 0.15) is 0 Å². The van der Waals surface area contributed by atoms with Gasteiger partial charge in [-0.1, -0.05) is 15.9 Å². The molecule has 7 nitrogen and oxygen atoms in total. The van der Waals surface area contributed by atoms with E-state index in [9.17, 15) is 18.3 Å². The van der Waals surface area contributed by atoms with Gasteiger partial charge in [0.25, 0.3) is 0 Å². The molecule has 2 rings (SSSR count). The minimum Gasteiger partial charge on any atom is -0.504 e. The fraction of sp³-hybridized carbons (Fsp3) is 0.143. The van der Waals surface area contributed by atoms with Gasteiger partial charge in [-0.15, -0.1) is 0 Å². The Bertz CT molecular complexity index is 794. The number of hydrogen-bond donors (Lipinski definition) is 3. The molecule has 0 fully saturated rings. The summed E-state index contributed by atoms with van der Waals surface area (Å²) >= 11 is 3.23. The normalized spacial score (nSPS) is 11.2. The summed E-state index contributed by atoms with van der Waals surface area (Å²) in [5.74, 6) is -0.581. The smallest absolute Gasteiger partial charge is 0.240 e. The number of aromatic hydroxyl groups is 1. The molecule has 23 heavy (non-hydrogen) atoms. The number of halogens is 1. The molecule has 1 aromatic heterocycles. The number of carbonyl (C=O) groups is 1. The molecule has 0 aliphatic rings. The maximum absolute atomic E-state index is 12.0. The largest absolute Gasteiger partial charge is 0.504 e. The van der Waals surface area contributed by atoms with Crippen molar-refractivity contribution in [1.82, 2.24) is 9.71 Å². The van der Waals surface area contributed by atoms with E-state index in [1.165, 1.54) is 30.5 Å². The van der Waals surface area contributed by atoms with Crippen molar-refractivity contribution in [2.24, 2.45) is 0 Å². The van der Waals surface area contributed by atoms with E-state index in [0.717, 1.165) is 4.47 Å². The second kappa shape index (κ2) is 7.53. The predicted octanol–water partition coefficient (Wildman–Crippen LogP) is 1.86.